The number of fused-ring (bicyclic) bond motifs is 1. The Balaban J connectivity index is 1.97. The van der Waals surface area contributed by atoms with E-state index in [0.717, 1.165) is 18.4 Å². The number of Topliss-reactive ketones (excluding diaryl/α,β-unsaturated/α-hetero) is 1. The minimum Gasteiger partial charge on any atom is -0.294 e. The summed E-state index contributed by atoms with van der Waals surface area (Å²) in [7, 11) is -3.89. The third-order valence-electron chi connectivity index (χ3n) is 3.72. The lowest BCUT2D eigenvalue weighted by atomic mass is 9.90. The lowest BCUT2D eigenvalue weighted by Gasteiger charge is -2.16. The zero-order valence-electron chi connectivity index (χ0n) is 12.0. The highest BCUT2D eigenvalue weighted by Gasteiger charge is 2.22. The molecule has 0 spiro atoms. The summed E-state index contributed by atoms with van der Waals surface area (Å²) in [6.45, 7) is 0. The van der Waals surface area contributed by atoms with Gasteiger partial charge in [-0.2, -0.15) is 0 Å². The Hall–Kier alpha value is -1.56. The Kier molecular flexibility index (Phi) is 4.36. The fraction of sp³-hybridized carbons (Fsp3) is 0.188. The van der Waals surface area contributed by atoms with Gasteiger partial charge in [-0.3, -0.25) is 9.52 Å². The smallest absolute Gasteiger partial charge is 0.263 e. The lowest BCUT2D eigenvalue weighted by Crippen LogP contribution is -2.16. The number of ketones is 1. The van der Waals surface area contributed by atoms with Crippen molar-refractivity contribution in [3.8, 4) is 0 Å². The minimum absolute atomic E-state index is 0.0318. The number of hydrogen-bond donors (Lipinski definition) is 1. The first-order valence-corrected chi connectivity index (χ1v) is 9.25. The van der Waals surface area contributed by atoms with E-state index in [0.29, 0.717) is 17.7 Å². The highest BCUT2D eigenvalue weighted by molar-refractivity contribution is 7.92. The monoisotopic (exact) mass is 369 g/mol. The van der Waals surface area contributed by atoms with Crippen molar-refractivity contribution in [2.75, 3.05) is 4.72 Å². The molecule has 0 saturated carbocycles. The molecule has 0 aliphatic heterocycles. The highest BCUT2D eigenvalue weighted by Crippen LogP contribution is 2.31. The summed E-state index contributed by atoms with van der Waals surface area (Å²) < 4.78 is 27.4. The average Bonchev–Trinajstić information content (AvgIpc) is 2.50. The number of hydrogen-bond acceptors (Lipinski definition) is 3. The zero-order valence-corrected chi connectivity index (χ0v) is 14.3. The summed E-state index contributed by atoms with van der Waals surface area (Å²) in [5.74, 6) is 0.0353. The lowest BCUT2D eigenvalue weighted by molar-refractivity contribution is 0.0972. The van der Waals surface area contributed by atoms with Crippen molar-refractivity contribution < 1.29 is 13.2 Å². The van der Waals surface area contributed by atoms with Crippen LogP contribution in [0.5, 0.6) is 0 Å². The molecule has 7 heteroatoms. The van der Waals surface area contributed by atoms with Gasteiger partial charge in [-0.15, -0.1) is 0 Å². The molecule has 1 N–H and O–H groups in total. The van der Waals surface area contributed by atoms with Gasteiger partial charge < -0.3 is 0 Å². The first kappa shape index (κ1) is 16.3. The maximum absolute atomic E-state index is 12.5. The summed E-state index contributed by atoms with van der Waals surface area (Å²) in [6.07, 6.45) is 2.15. The molecular formula is C16H13Cl2NO3S. The second kappa shape index (κ2) is 6.15. The van der Waals surface area contributed by atoms with E-state index >= 15 is 0 Å². The third kappa shape index (κ3) is 3.22. The largest absolute Gasteiger partial charge is 0.294 e. The van der Waals surface area contributed by atoms with Crippen LogP contribution in [-0.4, -0.2) is 14.2 Å². The molecule has 120 valence electrons. The van der Waals surface area contributed by atoms with Crippen LogP contribution in [0.1, 0.15) is 28.8 Å². The zero-order chi connectivity index (χ0) is 16.6. The highest BCUT2D eigenvalue weighted by atomic mass is 35.5. The molecular weight excluding hydrogens is 357 g/mol. The predicted molar refractivity (Wildman–Crippen MR) is 91.0 cm³/mol. The van der Waals surface area contributed by atoms with E-state index in [1.165, 1.54) is 18.2 Å². The SMILES string of the molecule is O=C1CCCc2ccc(NS(=O)(=O)c3cccc(Cl)c3Cl)cc21. The number of halogens is 2. The van der Waals surface area contributed by atoms with Gasteiger partial charge >= 0.3 is 0 Å². The molecule has 2 aromatic rings. The van der Waals surface area contributed by atoms with Gasteiger partial charge in [-0.25, -0.2) is 8.42 Å². The van der Waals surface area contributed by atoms with Crippen LogP contribution in [-0.2, 0) is 16.4 Å². The first-order chi connectivity index (χ1) is 10.9. The van der Waals surface area contributed by atoms with Gasteiger partial charge in [0, 0.05) is 17.7 Å². The summed E-state index contributed by atoms with van der Waals surface area (Å²) >= 11 is 11.8. The number of nitrogens with one attached hydrogen (secondary N) is 1. The summed E-state index contributed by atoms with van der Waals surface area (Å²) in [5, 5.41) is 0.130. The van der Waals surface area contributed by atoms with E-state index in [4.69, 9.17) is 23.2 Å². The Morgan fingerprint density at radius 1 is 1.04 bits per heavy atom. The number of rotatable bonds is 3. The molecule has 1 aliphatic rings. The standard InChI is InChI=1S/C16H13Cl2NO3S/c17-13-4-2-6-15(16(13)18)23(21,22)19-11-8-7-10-3-1-5-14(20)12(10)9-11/h2,4,6-9,19H,1,3,5H2. The molecule has 23 heavy (non-hydrogen) atoms. The van der Waals surface area contributed by atoms with E-state index < -0.39 is 10.0 Å². The molecule has 0 bridgehead atoms. The van der Waals surface area contributed by atoms with E-state index in [2.05, 4.69) is 4.72 Å². The third-order valence-corrected chi connectivity index (χ3v) is 6.07. The molecule has 2 aromatic carbocycles. The molecule has 0 amide bonds. The van der Waals surface area contributed by atoms with Gasteiger partial charge in [0.25, 0.3) is 10.0 Å². The van der Waals surface area contributed by atoms with E-state index in [-0.39, 0.29) is 20.7 Å². The van der Waals surface area contributed by atoms with Crippen molar-refractivity contribution in [2.45, 2.75) is 24.2 Å². The molecule has 0 aromatic heterocycles. The molecule has 3 rings (SSSR count). The maximum atomic E-state index is 12.5. The van der Waals surface area contributed by atoms with Crippen LogP contribution in [0.15, 0.2) is 41.3 Å². The molecule has 0 atom stereocenters. The second-order valence-electron chi connectivity index (χ2n) is 5.31. The maximum Gasteiger partial charge on any atom is 0.263 e. The van der Waals surface area contributed by atoms with Gasteiger partial charge in [0.05, 0.1) is 10.0 Å². The van der Waals surface area contributed by atoms with Crippen LogP contribution < -0.4 is 4.72 Å². The van der Waals surface area contributed by atoms with Crippen LogP contribution in [0.25, 0.3) is 0 Å². The first-order valence-electron chi connectivity index (χ1n) is 7.01. The average molecular weight is 370 g/mol. The van der Waals surface area contributed by atoms with Crippen LogP contribution in [0, 0.1) is 0 Å². The molecule has 0 unspecified atom stereocenters. The van der Waals surface area contributed by atoms with Gasteiger partial charge in [0.15, 0.2) is 5.78 Å². The Morgan fingerprint density at radius 2 is 1.83 bits per heavy atom. The van der Waals surface area contributed by atoms with Crippen LogP contribution >= 0.6 is 23.2 Å². The van der Waals surface area contributed by atoms with Gasteiger partial charge in [-0.05, 0) is 42.7 Å². The molecule has 0 saturated heterocycles. The Labute approximate surface area is 144 Å². The van der Waals surface area contributed by atoms with Crippen molar-refractivity contribution in [1.29, 1.82) is 0 Å². The van der Waals surface area contributed by atoms with Crippen molar-refractivity contribution in [2.24, 2.45) is 0 Å². The fourth-order valence-corrected chi connectivity index (χ4v) is 4.41. The van der Waals surface area contributed by atoms with Crippen molar-refractivity contribution in [3.05, 3.63) is 57.6 Å². The van der Waals surface area contributed by atoms with Crippen LogP contribution in [0.3, 0.4) is 0 Å². The Morgan fingerprint density at radius 3 is 2.61 bits per heavy atom. The molecule has 0 heterocycles. The normalized spacial score (nSPS) is 14.4. The number of sulfonamides is 1. The van der Waals surface area contributed by atoms with Crippen molar-refractivity contribution >= 4 is 44.7 Å². The quantitative estimate of drug-likeness (QED) is 0.876. The Bertz CT molecular complexity index is 894. The van der Waals surface area contributed by atoms with E-state index in [1.54, 1.807) is 18.2 Å². The number of anilines is 1. The summed E-state index contributed by atoms with van der Waals surface area (Å²) in [4.78, 5) is 11.9. The van der Waals surface area contributed by atoms with E-state index in [1.807, 2.05) is 0 Å². The molecule has 4 nitrogen and oxygen atoms in total. The van der Waals surface area contributed by atoms with Gasteiger partial charge in [0.2, 0.25) is 0 Å². The molecule has 0 fully saturated rings. The number of aryl methyl sites for hydroxylation is 1. The number of benzene rings is 2. The van der Waals surface area contributed by atoms with Crippen molar-refractivity contribution in [3.63, 3.8) is 0 Å². The summed E-state index contributed by atoms with van der Waals surface area (Å²) in [6, 6.07) is 9.41. The van der Waals surface area contributed by atoms with Gasteiger partial charge in [-0.1, -0.05) is 35.3 Å². The number of carbonyl (C=O) groups excluding carboxylic acids is 1. The molecule has 0 radical (unpaired) electrons. The second-order valence-corrected chi connectivity index (χ2v) is 7.74. The van der Waals surface area contributed by atoms with E-state index in [9.17, 15) is 13.2 Å². The molecule has 1 aliphatic carbocycles. The van der Waals surface area contributed by atoms with Crippen LogP contribution in [0.4, 0.5) is 5.69 Å². The fourth-order valence-electron chi connectivity index (χ4n) is 2.59. The summed E-state index contributed by atoms with van der Waals surface area (Å²) in [5.41, 5.74) is 1.86. The predicted octanol–water partition coefficient (Wildman–Crippen LogP) is 4.31. The van der Waals surface area contributed by atoms with Gasteiger partial charge in [0.1, 0.15) is 4.90 Å². The van der Waals surface area contributed by atoms with Crippen molar-refractivity contribution in [1.82, 2.24) is 0 Å². The van der Waals surface area contributed by atoms with Crippen LogP contribution in [0.2, 0.25) is 10.0 Å². The minimum atomic E-state index is -3.89. The number of carbonyl (C=O) groups is 1. The topological polar surface area (TPSA) is 63.2 Å².